The van der Waals surface area contributed by atoms with Crippen LogP contribution in [-0.4, -0.2) is 18.0 Å². The van der Waals surface area contributed by atoms with E-state index in [1.54, 1.807) is 4.90 Å². The van der Waals surface area contributed by atoms with E-state index in [-0.39, 0.29) is 57.8 Å². The molecule has 1 N–H and O–H groups in total. The predicted molar refractivity (Wildman–Crippen MR) is 164 cm³/mol. The molecule has 0 radical (unpaired) electrons. The van der Waals surface area contributed by atoms with Gasteiger partial charge in [-0.2, -0.15) is 0 Å². The van der Waals surface area contributed by atoms with Crippen molar-refractivity contribution in [3.63, 3.8) is 0 Å². The number of fused-ring (bicyclic) bond motifs is 1. The topological polar surface area (TPSA) is 72.5 Å². The van der Waals surface area contributed by atoms with E-state index in [4.69, 9.17) is 0 Å². The van der Waals surface area contributed by atoms with E-state index in [2.05, 4.69) is 12.2 Å². The largest absolute Gasteiger partial charge is 1.00 e. The van der Waals surface area contributed by atoms with E-state index < -0.39 is 15.1 Å². The molecule has 0 saturated carbocycles. The molecule has 218 valence electrons. The van der Waals surface area contributed by atoms with Gasteiger partial charge >= 0.3 is 51.4 Å². The number of benzene rings is 2. The fraction of sp³-hybridized carbons (Fsp3) is 0.636. The first-order valence-corrected chi connectivity index (χ1v) is 17.0. The third kappa shape index (κ3) is 11.3. The molecule has 0 saturated heterocycles. The van der Waals surface area contributed by atoms with Crippen LogP contribution in [0.25, 0.3) is 0 Å². The summed E-state index contributed by atoms with van der Waals surface area (Å²) < 4.78 is 38.3. The van der Waals surface area contributed by atoms with Gasteiger partial charge in [-0.25, -0.2) is 8.42 Å². The molecule has 0 bridgehead atoms. The van der Waals surface area contributed by atoms with Gasteiger partial charge in [-0.1, -0.05) is 152 Å². The number of rotatable bonds is 21. The van der Waals surface area contributed by atoms with Gasteiger partial charge in [0.05, 0.1) is 11.4 Å². The second-order valence-electron chi connectivity index (χ2n) is 11.4. The number of hydrogen-bond acceptors (Lipinski definition) is 5. The maximum atomic E-state index is 12.8. The fourth-order valence-electron chi connectivity index (χ4n) is 5.88. The zero-order chi connectivity index (χ0) is 27.8. The average molecular weight is 595 g/mol. The van der Waals surface area contributed by atoms with Crippen molar-refractivity contribution in [2.24, 2.45) is 0 Å². The molecule has 40 heavy (non-hydrogen) atoms. The van der Waals surface area contributed by atoms with E-state index >= 15 is 0 Å². The average Bonchev–Trinajstić information content (AvgIpc) is 3.25. The van der Waals surface area contributed by atoms with Crippen molar-refractivity contribution in [2.45, 2.75) is 134 Å². The Kier molecular flexibility index (Phi) is 17.6. The van der Waals surface area contributed by atoms with Crippen LogP contribution >= 0.6 is 0 Å². The second kappa shape index (κ2) is 19.7. The Labute approximate surface area is 287 Å². The monoisotopic (exact) mass is 594 g/mol. The van der Waals surface area contributed by atoms with Gasteiger partial charge in [0.2, 0.25) is 4.99 Å². The minimum Gasteiger partial charge on any atom is -0.745 e. The molecule has 1 unspecified atom stereocenters. The molecule has 0 amide bonds. The molecule has 5 nitrogen and oxygen atoms in total. The van der Waals surface area contributed by atoms with Gasteiger partial charge in [0, 0.05) is 13.0 Å². The van der Waals surface area contributed by atoms with Crippen LogP contribution in [-0.2, 0) is 16.7 Å². The van der Waals surface area contributed by atoms with E-state index in [9.17, 15) is 13.0 Å². The van der Waals surface area contributed by atoms with Gasteiger partial charge in [0.25, 0.3) is 0 Å². The zero-order valence-electron chi connectivity index (χ0n) is 25.2. The molecule has 7 heteroatoms. The molecule has 2 aromatic rings. The Bertz CT molecular complexity index is 1050. The molecular formula is C33H51KN2O3S. The number of hydrogen-bond donors (Lipinski definition) is 1. The molecule has 1 aliphatic rings. The van der Waals surface area contributed by atoms with Gasteiger partial charge in [0.1, 0.15) is 10.1 Å². The first-order valence-electron chi connectivity index (χ1n) is 15.6. The SMILES string of the molecule is CCCCCCCCCCCCCCCCCCCC1(S(=O)(=O)[O-])Nc2ccccc2N1Cc1ccccc1.[K+]. The summed E-state index contributed by atoms with van der Waals surface area (Å²) in [6.45, 7) is 2.64. The summed E-state index contributed by atoms with van der Waals surface area (Å²) in [6.07, 6.45) is 21.9. The van der Waals surface area contributed by atoms with Crippen molar-refractivity contribution in [3.8, 4) is 0 Å². The molecule has 0 aromatic heterocycles. The summed E-state index contributed by atoms with van der Waals surface area (Å²) in [5.74, 6) is 0. The smallest absolute Gasteiger partial charge is 0.745 e. The standard InChI is InChI=1S/C33H52N2O3S.K/c1-2-3-4-5-6-7-8-9-10-11-12-13-14-15-16-17-23-28-33(39(36,37)38)34-31-26-21-22-27-32(31)35(33)29-30-24-19-18-20-25-30;/h18-22,24-27,34H,2-17,23,28-29H2,1H3,(H,36,37,38);/q;+1/p-1. The fourth-order valence-corrected chi connectivity index (χ4v) is 6.94. The van der Waals surface area contributed by atoms with Gasteiger partial charge in [0.15, 0.2) is 0 Å². The zero-order valence-corrected chi connectivity index (χ0v) is 29.2. The summed E-state index contributed by atoms with van der Waals surface area (Å²) in [7, 11) is -4.66. The second-order valence-corrected chi connectivity index (χ2v) is 12.9. The van der Waals surface area contributed by atoms with Crippen LogP contribution in [0.2, 0.25) is 0 Å². The van der Waals surface area contributed by atoms with Crippen LogP contribution in [0.15, 0.2) is 54.6 Å². The summed E-state index contributed by atoms with van der Waals surface area (Å²) in [4.78, 5) is 0.120. The van der Waals surface area contributed by atoms with Crippen molar-refractivity contribution in [2.75, 3.05) is 10.2 Å². The van der Waals surface area contributed by atoms with Crippen LogP contribution in [0.3, 0.4) is 0 Å². The first kappa shape index (κ1) is 35.8. The number of nitrogens with one attached hydrogen (secondary N) is 1. The van der Waals surface area contributed by atoms with Gasteiger partial charge < -0.3 is 14.8 Å². The Hall–Kier alpha value is -0.414. The molecule has 0 fully saturated rings. The number of para-hydroxylation sites is 2. The van der Waals surface area contributed by atoms with Crippen molar-refractivity contribution >= 4 is 21.5 Å². The number of unbranched alkanes of at least 4 members (excludes halogenated alkanes) is 16. The molecule has 1 heterocycles. The Morgan fingerprint density at radius 1 is 0.675 bits per heavy atom. The van der Waals surface area contributed by atoms with E-state index in [0.29, 0.717) is 18.7 Å². The molecule has 1 aliphatic heterocycles. The van der Waals surface area contributed by atoms with Crippen LogP contribution in [0.4, 0.5) is 11.4 Å². The van der Waals surface area contributed by atoms with Crippen molar-refractivity contribution < 1.29 is 64.4 Å². The van der Waals surface area contributed by atoms with Crippen LogP contribution < -0.4 is 61.6 Å². The molecule has 0 aliphatic carbocycles. The Morgan fingerprint density at radius 3 is 1.62 bits per heavy atom. The minimum atomic E-state index is -4.66. The van der Waals surface area contributed by atoms with Crippen LogP contribution in [0.5, 0.6) is 0 Å². The number of nitrogens with zero attached hydrogens (tertiary/aromatic N) is 1. The quantitative estimate of drug-likeness (QED) is 0.103. The summed E-state index contributed by atoms with van der Waals surface area (Å²) in [5.41, 5.74) is 2.46. The van der Waals surface area contributed by atoms with Crippen molar-refractivity contribution in [3.05, 3.63) is 60.2 Å². The van der Waals surface area contributed by atoms with Gasteiger partial charge in [-0.05, 0) is 24.1 Å². The first-order chi connectivity index (χ1) is 19.0. The maximum absolute atomic E-state index is 12.8. The molecule has 1 atom stereocenters. The third-order valence-electron chi connectivity index (χ3n) is 8.18. The van der Waals surface area contributed by atoms with E-state index in [0.717, 1.165) is 24.1 Å². The molecular weight excluding hydrogens is 544 g/mol. The molecule has 3 rings (SSSR count). The predicted octanol–water partition coefficient (Wildman–Crippen LogP) is 6.36. The normalized spacial score (nSPS) is 16.4. The van der Waals surface area contributed by atoms with Crippen LogP contribution in [0, 0.1) is 0 Å². The minimum absolute atomic E-state index is 0. The van der Waals surface area contributed by atoms with Crippen LogP contribution in [0.1, 0.15) is 128 Å². The summed E-state index contributed by atoms with van der Waals surface area (Å²) >= 11 is 0. The van der Waals surface area contributed by atoms with Crippen molar-refractivity contribution in [1.82, 2.24) is 0 Å². The Morgan fingerprint density at radius 2 is 1.12 bits per heavy atom. The van der Waals surface area contributed by atoms with E-state index in [1.165, 1.54) is 89.9 Å². The van der Waals surface area contributed by atoms with Crippen molar-refractivity contribution in [1.29, 1.82) is 0 Å². The van der Waals surface area contributed by atoms with Gasteiger partial charge in [-0.3, -0.25) is 0 Å². The third-order valence-corrected chi connectivity index (χ3v) is 9.53. The molecule has 0 spiro atoms. The summed E-state index contributed by atoms with van der Waals surface area (Å²) in [6, 6.07) is 17.3. The Balaban J connectivity index is 0.00000560. The summed E-state index contributed by atoms with van der Waals surface area (Å²) in [5, 5.41) is 3.14. The number of anilines is 2. The molecule has 2 aromatic carbocycles. The maximum Gasteiger partial charge on any atom is 1.00 e. The van der Waals surface area contributed by atoms with E-state index in [1.807, 2.05) is 54.6 Å². The van der Waals surface area contributed by atoms with Gasteiger partial charge in [-0.15, -0.1) is 0 Å².